The first kappa shape index (κ1) is 22.3. The lowest BCUT2D eigenvalue weighted by Crippen LogP contribution is -2.00. The second-order valence-corrected chi connectivity index (χ2v) is 10.6. The molecule has 6 aromatic rings. The van der Waals surface area contributed by atoms with Crippen LogP contribution in [0.15, 0.2) is 78.9 Å². The number of nitrogens with two attached hydrogens (primary N) is 1. The lowest BCUT2D eigenvalue weighted by atomic mass is 9.95. The summed E-state index contributed by atoms with van der Waals surface area (Å²) in [6.45, 7) is 9.08. The van der Waals surface area contributed by atoms with Crippen molar-refractivity contribution in [2.24, 2.45) is 5.14 Å². The van der Waals surface area contributed by atoms with Gasteiger partial charge in [0.15, 0.2) is 0 Å². The highest BCUT2D eigenvalue weighted by Crippen LogP contribution is 2.43. The molecule has 0 fully saturated rings. The van der Waals surface area contributed by atoms with Gasteiger partial charge in [0, 0.05) is 61.4 Å². The molecule has 0 saturated carbocycles. The first-order valence-electron chi connectivity index (χ1n) is 12.4. The smallest absolute Gasteiger partial charge is 0.0500 e. The van der Waals surface area contributed by atoms with E-state index in [0.717, 1.165) is 5.75 Å². The van der Waals surface area contributed by atoms with Crippen molar-refractivity contribution < 1.29 is 0 Å². The fraction of sp³-hybridized carbons (Fsp3) is 0.226. The van der Waals surface area contributed by atoms with Gasteiger partial charge in [0.25, 0.3) is 0 Å². The maximum absolute atomic E-state index is 5.84. The van der Waals surface area contributed by atoms with Crippen LogP contribution in [0.4, 0.5) is 0 Å². The average Bonchev–Trinajstić information content (AvgIpc) is 3.37. The molecule has 2 aromatic heterocycles. The maximum Gasteiger partial charge on any atom is 0.0500 e. The van der Waals surface area contributed by atoms with E-state index in [0.29, 0.717) is 12.1 Å². The summed E-state index contributed by atoms with van der Waals surface area (Å²) < 4.78 is 4.95. The Morgan fingerprint density at radius 3 is 1.77 bits per heavy atom. The molecule has 2 heterocycles. The fourth-order valence-electron chi connectivity index (χ4n) is 5.94. The van der Waals surface area contributed by atoms with Gasteiger partial charge in [-0.05, 0) is 74.7 Å². The zero-order chi connectivity index (χ0) is 24.3. The highest BCUT2D eigenvalue weighted by Gasteiger charge is 2.20. The molecule has 0 atom stereocenters. The molecule has 4 heteroatoms. The molecule has 0 aliphatic rings. The van der Waals surface area contributed by atoms with Crippen LogP contribution in [0.2, 0.25) is 0 Å². The van der Waals surface area contributed by atoms with Crippen molar-refractivity contribution in [1.82, 2.24) is 9.13 Å². The first-order chi connectivity index (χ1) is 17.0. The van der Waals surface area contributed by atoms with Crippen molar-refractivity contribution in [2.45, 2.75) is 45.5 Å². The molecule has 0 saturated heterocycles. The molecule has 3 nitrogen and oxygen atoms in total. The zero-order valence-electron chi connectivity index (χ0n) is 20.7. The normalized spacial score (nSPS) is 12.3. The Bertz CT molecular complexity index is 1720. The zero-order valence-corrected chi connectivity index (χ0v) is 21.6. The van der Waals surface area contributed by atoms with Crippen LogP contribution in [0.3, 0.4) is 0 Å². The summed E-state index contributed by atoms with van der Waals surface area (Å²) in [5.74, 6) is 0.809. The molecule has 0 aliphatic heterocycles. The minimum atomic E-state index is 0.360. The Labute approximate surface area is 210 Å². The minimum Gasteiger partial charge on any atom is -0.338 e. The van der Waals surface area contributed by atoms with Crippen LogP contribution in [0.25, 0.3) is 54.7 Å². The van der Waals surface area contributed by atoms with Gasteiger partial charge in [0.1, 0.15) is 0 Å². The van der Waals surface area contributed by atoms with E-state index in [2.05, 4.69) is 116 Å². The Morgan fingerprint density at radius 1 is 0.629 bits per heavy atom. The van der Waals surface area contributed by atoms with Gasteiger partial charge in [-0.3, -0.25) is 5.14 Å². The molecule has 6 rings (SSSR count). The van der Waals surface area contributed by atoms with Gasteiger partial charge in [-0.15, -0.1) is 0 Å². The van der Waals surface area contributed by atoms with Crippen molar-refractivity contribution in [3.8, 4) is 11.1 Å². The summed E-state index contributed by atoms with van der Waals surface area (Å²) in [7, 11) is 0. The third-order valence-corrected chi connectivity index (χ3v) is 7.70. The Hall–Kier alpha value is -3.21. The standard InChI is InChI=1S/C31H31N3S/c1-19(2)33-26-12-6-5-9-24(26)30-22(10-7-13-28(30)33)23-11-8-14-29-31(23)25-17-21(18-35-32)15-16-27(25)34(29)20(3)4/h5-17,19-20H,18,32H2,1-4H3. The third-order valence-electron chi connectivity index (χ3n) is 7.20. The van der Waals surface area contributed by atoms with Crippen LogP contribution in [0, 0.1) is 0 Å². The highest BCUT2D eigenvalue weighted by atomic mass is 32.2. The van der Waals surface area contributed by atoms with Gasteiger partial charge >= 0.3 is 0 Å². The quantitative estimate of drug-likeness (QED) is 0.252. The lowest BCUT2D eigenvalue weighted by Gasteiger charge is -2.13. The Morgan fingerprint density at radius 2 is 1.17 bits per heavy atom. The summed E-state index contributed by atoms with van der Waals surface area (Å²) in [6, 6.07) is 30.0. The first-order valence-corrected chi connectivity index (χ1v) is 13.5. The van der Waals surface area contributed by atoms with E-state index < -0.39 is 0 Å². The van der Waals surface area contributed by atoms with E-state index in [9.17, 15) is 0 Å². The molecule has 0 radical (unpaired) electrons. The van der Waals surface area contributed by atoms with E-state index >= 15 is 0 Å². The van der Waals surface area contributed by atoms with Crippen LogP contribution in [-0.4, -0.2) is 9.13 Å². The molecular formula is C31H31N3S. The molecule has 0 spiro atoms. The van der Waals surface area contributed by atoms with E-state index in [1.807, 2.05) is 0 Å². The number of nitrogens with zero attached hydrogens (tertiary/aromatic N) is 2. The van der Waals surface area contributed by atoms with Crippen LogP contribution in [0.5, 0.6) is 0 Å². The SMILES string of the molecule is CC(C)n1c2ccccc2c2c(-c3cccc4c3c3cc(CSN)ccc3n4C(C)C)cccc21. The Kier molecular flexibility index (Phi) is 5.39. The van der Waals surface area contributed by atoms with E-state index in [4.69, 9.17) is 5.14 Å². The maximum atomic E-state index is 5.84. The molecule has 35 heavy (non-hydrogen) atoms. The minimum absolute atomic E-state index is 0.360. The topological polar surface area (TPSA) is 35.9 Å². The highest BCUT2D eigenvalue weighted by molar-refractivity contribution is 7.96. The van der Waals surface area contributed by atoms with Crippen molar-refractivity contribution in [3.05, 3.63) is 84.4 Å². The van der Waals surface area contributed by atoms with E-state index in [1.54, 1.807) is 0 Å². The Balaban J connectivity index is 1.78. The van der Waals surface area contributed by atoms with Gasteiger partial charge in [0.2, 0.25) is 0 Å². The second-order valence-electron chi connectivity index (χ2n) is 10.0. The van der Waals surface area contributed by atoms with Gasteiger partial charge in [-0.25, -0.2) is 0 Å². The number of aromatic nitrogens is 2. The predicted octanol–water partition coefficient (Wildman–Crippen LogP) is 8.84. The molecule has 2 N–H and O–H groups in total. The summed E-state index contributed by atoms with van der Waals surface area (Å²) >= 11 is 1.38. The van der Waals surface area contributed by atoms with Crippen molar-refractivity contribution in [3.63, 3.8) is 0 Å². The number of hydrogen-bond acceptors (Lipinski definition) is 2. The van der Waals surface area contributed by atoms with Crippen LogP contribution in [-0.2, 0) is 5.75 Å². The largest absolute Gasteiger partial charge is 0.338 e. The van der Waals surface area contributed by atoms with Crippen molar-refractivity contribution in [1.29, 1.82) is 0 Å². The average molecular weight is 478 g/mol. The monoisotopic (exact) mass is 477 g/mol. The molecule has 4 aromatic carbocycles. The fourth-order valence-corrected chi connectivity index (χ4v) is 6.32. The number of hydrogen-bond donors (Lipinski definition) is 1. The van der Waals surface area contributed by atoms with Crippen LogP contribution >= 0.6 is 11.9 Å². The number of benzene rings is 4. The molecule has 0 unspecified atom stereocenters. The van der Waals surface area contributed by atoms with Crippen LogP contribution in [0.1, 0.15) is 45.3 Å². The van der Waals surface area contributed by atoms with Crippen molar-refractivity contribution >= 4 is 55.6 Å². The van der Waals surface area contributed by atoms with E-state index in [-0.39, 0.29) is 0 Å². The molecule has 0 amide bonds. The number of rotatable bonds is 5. The summed E-state index contributed by atoms with van der Waals surface area (Å²) in [6.07, 6.45) is 0. The molecular weight excluding hydrogens is 446 g/mol. The number of para-hydroxylation sites is 1. The van der Waals surface area contributed by atoms with Gasteiger partial charge in [-0.1, -0.05) is 60.5 Å². The van der Waals surface area contributed by atoms with Gasteiger partial charge < -0.3 is 9.13 Å². The van der Waals surface area contributed by atoms with E-state index in [1.165, 1.54) is 72.2 Å². The molecule has 0 bridgehead atoms. The molecule has 176 valence electrons. The third kappa shape index (κ3) is 3.31. The summed E-state index contributed by atoms with van der Waals surface area (Å²) in [5.41, 5.74) is 9.01. The summed E-state index contributed by atoms with van der Waals surface area (Å²) in [5, 5.41) is 11.1. The van der Waals surface area contributed by atoms with Crippen LogP contribution < -0.4 is 5.14 Å². The molecule has 0 aliphatic carbocycles. The lowest BCUT2D eigenvalue weighted by molar-refractivity contribution is 0.642. The van der Waals surface area contributed by atoms with Gasteiger partial charge in [-0.2, -0.15) is 0 Å². The summed E-state index contributed by atoms with van der Waals surface area (Å²) in [4.78, 5) is 0. The van der Waals surface area contributed by atoms with Gasteiger partial charge in [0.05, 0.1) is 0 Å². The second kappa shape index (κ2) is 8.47. The van der Waals surface area contributed by atoms with Crippen molar-refractivity contribution in [2.75, 3.05) is 0 Å². The predicted molar refractivity (Wildman–Crippen MR) is 154 cm³/mol. The number of fused-ring (bicyclic) bond motifs is 6.